The van der Waals surface area contributed by atoms with Gasteiger partial charge in [-0.15, -0.1) is 0 Å². The lowest BCUT2D eigenvalue weighted by molar-refractivity contribution is -0.137. The van der Waals surface area contributed by atoms with Crippen molar-refractivity contribution in [2.45, 2.75) is 37.5 Å². The zero-order valence-electron chi connectivity index (χ0n) is 10.7. The first-order valence-electron chi connectivity index (χ1n) is 6.36. The molecule has 1 aromatic carbocycles. The van der Waals surface area contributed by atoms with Crippen LogP contribution in [0.15, 0.2) is 24.3 Å². The number of carbonyl (C=O) groups excluding carboxylic acids is 1. The molecule has 2 rings (SSSR count). The third kappa shape index (κ3) is 3.63. The summed E-state index contributed by atoms with van der Waals surface area (Å²) in [7, 11) is 0. The fraction of sp³-hybridized carbons (Fsp3) is 0.462. The van der Waals surface area contributed by atoms with Crippen molar-refractivity contribution in [2.24, 2.45) is 5.73 Å². The van der Waals surface area contributed by atoms with Crippen LogP contribution in [0.4, 0.5) is 23.7 Å². The van der Waals surface area contributed by atoms with E-state index in [4.69, 9.17) is 5.73 Å². The van der Waals surface area contributed by atoms with Gasteiger partial charge in [-0.1, -0.05) is 6.07 Å². The SMILES string of the molecule is NC1CCCC1NC(=O)Nc1cccc(C(F)(F)F)c1. The number of urea groups is 1. The van der Waals surface area contributed by atoms with Gasteiger partial charge in [0.2, 0.25) is 0 Å². The van der Waals surface area contributed by atoms with Crippen molar-refractivity contribution in [3.63, 3.8) is 0 Å². The number of hydrogen-bond acceptors (Lipinski definition) is 2. The van der Waals surface area contributed by atoms with Crippen LogP contribution in [0.3, 0.4) is 0 Å². The maximum atomic E-state index is 12.5. The van der Waals surface area contributed by atoms with Crippen LogP contribution < -0.4 is 16.4 Å². The van der Waals surface area contributed by atoms with E-state index >= 15 is 0 Å². The average molecular weight is 287 g/mol. The predicted octanol–water partition coefficient (Wildman–Crippen LogP) is 2.71. The van der Waals surface area contributed by atoms with Gasteiger partial charge in [0, 0.05) is 17.8 Å². The van der Waals surface area contributed by atoms with Gasteiger partial charge in [0.1, 0.15) is 0 Å². The Balaban J connectivity index is 1.97. The minimum atomic E-state index is -4.43. The van der Waals surface area contributed by atoms with Gasteiger partial charge in [-0.2, -0.15) is 13.2 Å². The number of carbonyl (C=O) groups is 1. The second-order valence-corrected chi connectivity index (χ2v) is 4.88. The molecule has 2 atom stereocenters. The molecular weight excluding hydrogens is 271 g/mol. The number of rotatable bonds is 2. The summed E-state index contributed by atoms with van der Waals surface area (Å²) in [6, 6.07) is 3.75. The Morgan fingerprint density at radius 1 is 1.30 bits per heavy atom. The van der Waals surface area contributed by atoms with Crippen LogP contribution in [0.5, 0.6) is 0 Å². The fourth-order valence-electron chi connectivity index (χ4n) is 2.28. The third-order valence-electron chi connectivity index (χ3n) is 3.33. The molecule has 0 bridgehead atoms. The van der Waals surface area contributed by atoms with Gasteiger partial charge in [-0.25, -0.2) is 4.79 Å². The van der Waals surface area contributed by atoms with Crippen molar-refractivity contribution in [2.75, 3.05) is 5.32 Å². The van der Waals surface area contributed by atoms with E-state index in [2.05, 4.69) is 10.6 Å². The lowest BCUT2D eigenvalue weighted by atomic mass is 10.2. The molecule has 20 heavy (non-hydrogen) atoms. The Hall–Kier alpha value is -1.76. The summed E-state index contributed by atoms with van der Waals surface area (Å²) in [5.41, 5.74) is 5.11. The van der Waals surface area contributed by atoms with Crippen molar-refractivity contribution in [3.8, 4) is 0 Å². The molecule has 4 nitrogen and oxygen atoms in total. The number of amides is 2. The Morgan fingerprint density at radius 2 is 2.05 bits per heavy atom. The van der Waals surface area contributed by atoms with Crippen molar-refractivity contribution < 1.29 is 18.0 Å². The van der Waals surface area contributed by atoms with Crippen molar-refractivity contribution in [3.05, 3.63) is 29.8 Å². The average Bonchev–Trinajstić information content (AvgIpc) is 2.74. The van der Waals surface area contributed by atoms with Gasteiger partial charge in [-0.05, 0) is 37.5 Å². The topological polar surface area (TPSA) is 67.1 Å². The minimum Gasteiger partial charge on any atom is -0.334 e. The van der Waals surface area contributed by atoms with Crippen LogP contribution in [0.2, 0.25) is 0 Å². The Morgan fingerprint density at radius 3 is 2.65 bits per heavy atom. The van der Waals surface area contributed by atoms with Crippen LogP contribution in [-0.2, 0) is 6.18 Å². The van der Waals surface area contributed by atoms with Gasteiger partial charge in [0.25, 0.3) is 0 Å². The van der Waals surface area contributed by atoms with Crippen LogP contribution in [0.1, 0.15) is 24.8 Å². The highest BCUT2D eigenvalue weighted by Crippen LogP contribution is 2.30. The van der Waals surface area contributed by atoms with Gasteiger partial charge < -0.3 is 16.4 Å². The lowest BCUT2D eigenvalue weighted by Gasteiger charge is -2.18. The zero-order valence-corrected chi connectivity index (χ0v) is 10.7. The number of hydrogen-bond donors (Lipinski definition) is 3. The molecule has 1 aliphatic carbocycles. The summed E-state index contributed by atoms with van der Waals surface area (Å²) in [5.74, 6) is 0. The van der Waals surface area contributed by atoms with Gasteiger partial charge in [0.15, 0.2) is 0 Å². The second-order valence-electron chi connectivity index (χ2n) is 4.88. The van der Waals surface area contributed by atoms with Gasteiger partial charge in [-0.3, -0.25) is 0 Å². The van der Waals surface area contributed by atoms with E-state index in [9.17, 15) is 18.0 Å². The second kappa shape index (κ2) is 5.70. The minimum absolute atomic E-state index is 0.0951. The Kier molecular flexibility index (Phi) is 4.17. The largest absolute Gasteiger partial charge is 0.416 e. The van der Waals surface area contributed by atoms with E-state index in [-0.39, 0.29) is 17.8 Å². The highest BCUT2D eigenvalue weighted by Gasteiger charge is 2.30. The molecule has 7 heteroatoms. The molecule has 1 aliphatic rings. The molecule has 0 aliphatic heterocycles. The summed E-state index contributed by atoms with van der Waals surface area (Å²) in [5, 5.41) is 5.08. The molecule has 0 radical (unpaired) electrons. The molecule has 110 valence electrons. The van der Waals surface area contributed by atoms with E-state index in [1.165, 1.54) is 12.1 Å². The van der Waals surface area contributed by atoms with Crippen LogP contribution in [0, 0.1) is 0 Å². The molecule has 0 aromatic heterocycles. The van der Waals surface area contributed by atoms with Crippen molar-refractivity contribution in [1.29, 1.82) is 0 Å². The molecule has 0 spiro atoms. The number of alkyl halides is 3. The summed E-state index contributed by atoms with van der Waals surface area (Å²) in [4.78, 5) is 11.7. The number of anilines is 1. The highest BCUT2D eigenvalue weighted by atomic mass is 19.4. The molecule has 0 saturated heterocycles. The number of benzene rings is 1. The third-order valence-corrected chi connectivity index (χ3v) is 3.33. The van der Waals surface area contributed by atoms with Gasteiger partial charge in [0.05, 0.1) is 5.56 Å². The van der Waals surface area contributed by atoms with E-state index < -0.39 is 17.8 Å². The lowest BCUT2D eigenvalue weighted by Crippen LogP contribution is -2.45. The first-order chi connectivity index (χ1) is 9.36. The number of nitrogens with one attached hydrogen (secondary N) is 2. The maximum Gasteiger partial charge on any atom is 0.416 e. The highest BCUT2D eigenvalue weighted by molar-refractivity contribution is 5.89. The fourth-order valence-corrected chi connectivity index (χ4v) is 2.28. The van der Waals surface area contributed by atoms with E-state index in [0.29, 0.717) is 0 Å². The summed E-state index contributed by atoms with van der Waals surface area (Å²) in [6.07, 6.45) is -1.86. The predicted molar refractivity (Wildman–Crippen MR) is 69.2 cm³/mol. The molecule has 1 aromatic rings. The van der Waals surface area contributed by atoms with E-state index in [0.717, 1.165) is 31.4 Å². The van der Waals surface area contributed by atoms with E-state index in [1.807, 2.05) is 0 Å². The first-order valence-corrected chi connectivity index (χ1v) is 6.36. The first kappa shape index (κ1) is 14.6. The normalized spacial score (nSPS) is 22.6. The van der Waals surface area contributed by atoms with Crippen LogP contribution in [-0.4, -0.2) is 18.1 Å². The Bertz CT molecular complexity index is 490. The molecule has 0 heterocycles. The zero-order chi connectivity index (χ0) is 14.8. The summed E-state index contributed by atoms with van der Waals surface area (Å²) in [6.45, 7) is 0. The van der Waals surface area contributed by atoms with Crippen LogP contribution >= 0.6 is 0 Å². The maximum absolute atomic E-state index is 12.5. The van der Waals surface area contributed by atoms with E-state index in [1.54, 1.807) is 0 Å². The van der Waals surface area contributed by atoms with Crippen LogP contribution in [0.25, 0.3) is 0 Å². The summed E-state index contributed by atoms with van der Waals surface area (Å²) >= 11 is 0. The van der Waals surface area contributed by atoms with Gasteiger partial charge >= 0.3 is 12.2 Å². The van der Waals surface area contributed by atoms with Crippen molar-refractivity contribution in [1.82, 2.24) is 5.32 Å². The molecular formula is C13H16F3N3O. The Labute approximate surface area is 114 Å². The monoisotopic (exact) mass is 287 g/mol. The smallest absolute Gasteiger partial charge is 0.334 e. The molecule has 4 N–H and O–H groups in total. The van der Waals surface area contributed by atoms with Crippen molar-refractivity contribution >= 4 is 11.7 Å². The summed E-state index contributed by atoms with van der Waals surface area (Å²) < 4.78 is 37.6. The molecule has 2 amide bonds. The molecule has 2 unspecified atom stereocenters. The standard InChI is InChI=1S/C13H16F3N3O/c14-13(15,16)8-3-1-4-9(7-8)18-12(20)19-11-6-2-5-10(11)17/h1,3-4,7,10-11H,2,5-6,17H2,(H2,18,19,20). The molecule has 1 saturated carbocycles. The quantitative estimate of drug-likeness (QED) is 0.783. The molecule has 1 fully saturated rings. The number of halogens is 3. The number of nitrogens with two attached hydrogens (primary N) is 1.